The molecule has 0 aliphatic rings. The average Bonchev–Trinajstić information content (AvgIpc) is 2.70. The van der Waals surface area contributed by atoms with Crippen LogP contribution in [0.15, 0.2) is 21.8 Å². The number of rotatable bonds is 2. The van der Waals surface area contributed by atoms with Crippen LogP contribution < -0.4 is 0 Å². The molecule has 0 saturated heterocycles. The third kappa shape index (κ3) is 1.81. The van der Waals surface area contributed by atoms with Gasteiger partial charge in [-0.1, -0.05) is 0 Å². The van der Waals surface area contributed by atoms with Gasteiger partial charge >= 0.3 is 0 Å². The number of halogens is 2. The predicted octanol–water partition coefficient (Wildman–Crippen LogP) is 2.23. The van der Waals surface area contributed by atoms with Gasteiger partial charge in [0.15, 0.2) is 5.82 Å². The maximum absolute atomic E-state index is 13.4. The molecule has 0 N–H and O–H groups in total. The summed E-state index contributed by atoms with van der Waals surface area (Å²) in [5.41, 5.74) is 0. The predicted molar refractivity (Wildman–Crippen MR) is 59.8 cm³/mol. The van der Waals surface area contributed by atoms with Crippen molar-refractivity contribution in [1.82, 2.24) is 19.6 Å². The number of aromatic nitrogens is 4. The summed E-state index contributed by atoms with van der Waals surface area (Å²) < 4.78 is 17.3. The van der Waals surface area contributed by atoms with E-state index in [2.05, 4.69) is 26.1 Å². The van der Waals surface area contributed by atoms with E-state index < -0.39 is 5.95 Å². The molecule has 7 heteroatoms. The summed E-state index contributed by atoms with van der Waals surface area (Å²) in [7, 11) is 1.69. The molecule has 80 valence electrons. The number of thioether (sulfide) groups is 1. The molecule has 2 aromatic rings. The minimum absolute atomic E-state index is 0.466. The van der Waals surface area contributed by atoms with E-state index in [-0.39, 0.29) is 0 Å². The molecular weight excluding hydrogens is 283 g/mol. The fourth-order valence-electron chi connectivity index (χ4n) is 1.31. The number of hydrogen-bond donors (Lipinski definition) is 0. The molecule has 0 aliphatic heterocycles. The lowest BCUT2D eigenvalue weighted by molar-refractivity contribution is 0.538. The van der Waals surface area contributed by atoms with E-state index in [1.807, 2.05) is 6.26 Å². The number of nitrogens with zero attached hydrogens (tertiary/aromatic N) is 4. The fourth-order valence-corrected chi connectivity index (χ4v) is 2.21. The van der Waals surface area contributed by atoms with Crippen molar-refractivity contribution in [2.45, 2.75) is 4.90 Å². The lowest BCUT2D eigenvalue weighted by Gasteiger charge is -2.02. The Balaban J connectivity index is 2.61. The van der Waals surface area contributed by atoms with Crippen molar-refractivity contribution in [3.63, 3.8) is 0 Å². The fraction of sp³-hybridized carbons (Fsp3) is 0.250. The topological polar surface area (TPSA) is 35.6 Å². The van der Waals surface area contributed by atoms with E-state index in [4.69, 9.17) is 0 Å². The van der Waals surface area contributed by atoms with Gasteiger partial charge in [0.2, 0.25) is 5.95 Å². The molecule has 2 rings (SSSR count). The van der Waals surface area contributed by atoms with Crippen molar-refractivity contribution >= 4 is 27.7 Å². The van der Waals surface area contributed by atoms with Gasteiger partial charge in [0, 0.05) is 13.2 Å². The van der Waals surface area contributed by atoms with Crippen LogP contribution in [0.2, 0.25) is 0 Å². The molecule has 0 saturated carbocycles. The van der Waals surface area contributed by atoms with Crippen molar-refractivity contribution in [1.29, 1.82) is 0 Å². The zero-order valence-electron chi connectivity index (χ0n) is 8.11. The van der Waals surface area contributed by atoms with Gasteiger partial charge in [0.05, 0.1) is 10.7 Å². The largest absolute Gasteiger partial charge is 0.248 e. The second kappa shape index (κ2) is 3.97. The van der Waals surface area contributed by atoms with E-state index in [0.717, 1.165) is 4.47 Å². The monoisotopic (exact) mass is 290 g/mol. The highest BCUT2D eigenvalue weighted by Crippen LogP contribution is 2.26. The van der Waals surface area contributed by atoms with Crippen molar-refractivity contribution in [3.8, 4) is 5.82 Å². The smallest absolute Gasteiger partial charge is 0.247 e. The zero-order chi connectivity index (χ0) is 11.0. The molecule has 0 aromatic carbocycles. The van der Waals surface area contributed by atoms with E-state index >= 15 is 0 Å². The van der Waals surface area contributed by atoms with Crippen LogP contribution >= 0.6 is 27.7 Å². The van der Waals surface area contributed by atoms with E-state index in [9.17, 15) is 4.39 Å². The summed E-state index contributed by atoms with van der Waals surface area (Å²) in [6.45, 7) is 0. The van der Waals surface area contributed by atoms with Crippen molar-refractivity contribution in [2.24, 2.45) is 7.05 Å². The Labute approximate surface area is 98.6 Å². The molecule has 15 heavy (non-hydrogen) atoms. The van der Waals surface area contributed by atoms with Gasteiger partial charge in [-0.25, -0.2) is 9.36 Å². The minimum atomic E-state index is -0.466. The molecule has 0 spiro atoms. The van der Waals surface area contributed by atoms with Crippen molar-refractivity contribution in [2.75, 3.05) is 6.26 Å². The lowest BCUT2D eigenvalue weighted by Crippen LogP contribution is -2.03. The molecule has 0 aliphatic carbocycles. The molecule has 0 bridgehead atoms. The first kappa shape index (κ1) is 10.7. The quantitative estimate of drug-likeness (QED) is 0.796. The third-order valence-electron chi connectivity index (χ3n) is 1.91. The Hall–Kier alpha value is -0.820. The second-order valence-electron chi connectivity index (χ2n) is 2.87. The molecule has 4 nitrogen and oxygen atoms in total. The maximum Gasteiger partial charge on any atom is 0.248 e. The van der Waals surface area contributed by atoms with Crippen LogP contribution in [0, 0.1) is 5.95 Å². The normalized spacial score (nSPS) is 10.9. The molecule has 2 aromatic heterocycles. The second-order valence-corrected chi connectivity index (χ2v) is 4.61. The lowest BCUT2D eigenvalue weighted by atomic mass is 10.6. The standard InChI is InChI=1S/C8H8BrFN4S/c1-13-8(6(15-2)7(10)12-13)14-4-5(9)3-11-14/h3-4H,1-2H3. The van der Waals surface area contributed by atoms with E-state index in [1.54, 1.807) is 24.1 Å². The Kier molecular flexibility index (Phi) is 2.83. The van der Waals surface area contributed by atoms with E-state index in [0.29, 0.717) is 10.7 Å². The van der Waals surface area contributed by atoms with Gasteiger partial charge < -0.3 is 0 Å². The number of hydrogen-bond acceptors (Lipinski definition) is 3. The first-order chi connectivity index (χ1) is 7.13. The summed E-state index contributed by atoms with van der Waals surface area (Å²) in [4.78, 5) is 0.494. The highest BCUT2D eigenvalue weighted by molar-refractivity contribution is 9.10. The molecule has 0 atom stereocenters. The summed E-state index contributed by atoms with van der Waals surface area (Å²) in [5.74, 6) is 0.164. The molecule has 0 unspecified atom stereocenters. The Morgan fingerprint density at radius 3 is 2.80 bits per heavy atom. The van der Waals surface area contributed by atoms with Crippen LogP contribution in [0.5, 0.6) is 0 Å². The van der Waals surface area contributed by atoms with Crippen LogP contribution in [0.25, 0.3) is 5.82 Å². The van der Waals surface area contributed by atoms with Crippen LogP contribution in [0.3, 0.4) is 0 Å². The van der Waals surface area contributed by atoms with Crippen LogP contribution in [-0.4, -0.2) is 25.8 Å². The first-order valence-corrected chi connectivity index (χ1v) is 6.12. The summed E-state index contributed by atoms with van der Waals surface area (Å²) in [5, 5.41) is 7.82. The molecule has 0 fully saturated rings. The zero-order valence-corrected chi connectivity index (χ0v) is 10.5. The van der Waals surface area contributed by atoms with Gasteiger partial charge in [-0.05, 0) is 22.2 Å². The van der Waals surface area contributed by atoms with Gasteiger partial charge in [-0.15, -0.1) is 16.9 Å². The Bertz CT molecular complexity index is 493. The molecule has 0 amide bonds. The molecular formula is C8H8BrFN4S. The van der Waals surface area contributed by atoms with Crippen LogP contribution in [-0.2, 0) is 7.05 Å². The van der Waals surface area contributed by atoms with Gasteiger partial charge in [-0.2, -0.15) is 9.49 Å². The Morgan fingerprint density at radius 1 is 1.53 bits per heavy atom. The highest BCUT2D eigenvalue weighted by atomic mass is 79.9. The third-order valence-corrected chi connectivity index (χ3v) is 3.08. The van der Waals surface area contributed by atoms with Crippen molar-refractivity contribution in [3.05, 3.63) is 22.8 Å². The van der Waals surface area contributed by atoms with Gasteiger partial charge in [-0.3, -0.25) is 0 Å². The summed E-state index contributed by atoms with van der Waals surface area (Å²) in [6, 6.07) is 0. The van der Waals surface area contributed by atoms with Crippen LogP contribution in [0.4, 0.5) is 4.39 Å². The summed E-state index contributed by atoms with van der Waals surface area (Å²) in [6.07, 6.45) is 5.22. The van der Waals surface area contributed by atoms with Gasteiger partial charge in [0.1, 0.15) is 4.90 Å². The van der Waals surface area contributed by atoms with Gasteiger partial charge in [0.25, 0.3) is 0 Å². The maximum atomic E-state index is 13.4. The average molecular weight is 291 g/mol. The molecule has 0 radical (unpaired) electrons. The highest BCUT2D eigenvalue weighted by Gasteiger charge is 2.17. The Morgan fingerprint density at radius 2 is 2.27 bits per heavy atom. The number of aryl methyl sites for hydroxylation is 1. The summed E-state index contributed by atoms with van der Waals surface area (Å²) >= 11 is 4.61. The first-order valence-electron chi connectivity index (χ1n) is 4.10. The molecule has 2 heterocycles. The minimum Gasteiger partial charge on any atom is -0.247 e. The van der Waals surface area contributed by atoms with Crippen molar-refractivity contribution < 1.29 is 4.39 Å². The van der Waals surface area contributed by atoms with E-state index in [1.165, 1.54) is 16.4 Å². The SMILES string of the molecule is CSc1c(F)nn(C)c1-n1cc(Br)cn1. The van der Waals surface area contributed by atoms with Crippen LogP contribution in [0.1, 0.15) is 0 Å².